The molecule has 0 aliphatic heterocycles. The van der Waals surface area contributed by atoms with Crippen molar-refractivity contribution in [2.75, 3.05) is 12.4 Å². The van der Waals surface area contributed by atoms with Gasteiger partial charge in [0.25, 0.3) is 0 Å². The molecule has 0 atom stereocenters. The van der Waals surface area contributed by atoms with Crippen molar-refractivity contribution in [2.24, 2.45) is 5.41 Å². The van der Waals surface area contributed by atoms with E-state index in [2.05, 4.69) is 21.2 Å². The molecule has 0 bridgehead atoms. The van der Waals surface area contributed by atoms with E-state index in [1.165, 1.54) is 13.2 Å². The highest BCUT2D eigenvalue weighted by molar-refractivity contribution is 9.10. The predicted octanol–water partition coefficient (Wildman–Crippen LogP) is 3.84. The van der Waals surface area contributed by atoms with Crippen molar-refractivity contribution >= 4 is 33.4 Å². The first-order valence-electron chi connectivity index (χ1n) is 6.52. The number of carbonyl (C=O) groups excluding carboxylic acids is 2. The van der Waals surface area contributed by atoms with Crippen LogP contribution in [0.2, 0.25) is 0 Å². The summed E-state index contributed by atoms with van der Waals surface area (Å²) >= 11 is 3.38. The van der Waals surface area contributed by atoms with Crippen LogP contribution in [-0.4, -0.2) is 18.9 Å². The maximum absolute atomic E-state index is 12.1. The first-order chi connectivity index (χ1) is 9.65. The summed E-state index contributed by atoms with van der Waals surface area (Å²) in [7, 11) is 1.29. The van der Waals surface area contributed by atoms with Crippen LogP contribution in [0.4, 0.5) is 5.69 Å². The lowest BCUT2D eigenvalue weighted by atomic mass is 9.90. The van der Waals surface area contributed by atoms with Gasteiger partial charge in [0.15, 0.2) is 5.78 Å². The number of hydrogen-bond donors (Lipinski definition) is 1. The summed E-state index contributed by atoms with van der Waals surface area (Å²) in [6.45, 7) is 7.30. The molecule has 114 valence electrons. The molecule has 0 fully saturated rings. The topological polar surface area (TPSA) is 55.4 Å². The van der Waals surface area contributed by atoms with Crippen LogP contribution in [0.25, 0.3) is 0 Å². The number of esters is 1. The van der Waals surface area contributed by atoms with Crippen LogP contribution in [0, 0.1) is 12.3 Å². The number of nitrogens with one attached hydrogen (secondary N) is 1. The molecule has 5 heteroatoms. The van der Waals surface area contributed by atoms with Gasteiger partial charge >= 0.3 is 5.97 Å². The average molecular weight is 354 g/mol. The highest BCUT2D eigenvalue weighted by atomic mass is 79.9. The second kappa shape index (κ2) is 6.89. The molecule has 21 heavy (non-hydrogen) atoms. The van der Waals surface area contributed by atoms with Crippen LogP contribution < -0.4 is 5.32 Å². The molecule has 0 aromatic heterocycles. The van der Waals surface area contributed by atoms with Gasteiger partial charge in [0.2, 0.25) is 0 Å². The molecule has 4 nitrogen and oxygen atoms in total. The normalized spacial score (nSPS) is 12.0. The van der Waals surface area contributed by atoms with E-state index in [0.29, 0.717) is 0 Å². The molecular formula is C16H20BrNO3. The van der Waals surface area contributed by atoms with Crippen molar-refractivity contribution in [1.82, 2.24) is 0 Å². The molecule has 0 aliphatic carbocycles. The minimum atomic E-state index is -0.574. The lowest BCUT2D eigenvalue weighted by molar-refractivity contribution is -0.136. The third kappa shape index (κ3) is 5.01. The minimum absolute atomic E-state index is 0.128. The zero-order valence-electron chi connectivity index (χ0n) is 12.9. The van der Waals surface area contributed by atoms with E-state index >= 15 is 0 Å². The Morgan fingerprint density at radius 2 is 1.90 bits per heavy atom. The number of hydrogen-bond acceptors (Lipinski definition) is 4. The lowest BCUT2D eigenvalue weighted by Gasteiger charge is -2.16. The zero-order valence-corrected chi connectivity index (χ0v) is 14.5. The molecule has 0 amide bonds. The van der Waals surface area contributed by atoms with Crippen LogP contribution in [-0.2, 0) is 14.3 Å². The number of benzene rings is 1. The number of halogens is 1. The molecule has 0 heterocycles. The van der Waals surface area contributed by atoms with Crippen molar-refractivity contribution < 1.29 is 14.3 Å². The molecule has 0 saturated carbocycles. The van der Waals surface area contributed by atoms with Gasteiger partial charge in [-0.25, -0.2) is 4.79 Å². The van der Waals surface area contributed by atoms with Crippen molar-refractivity contribution in [3.63, 3.8) is 0 Å². The van der Waals surface area contributed by atoms with Crippen molar-refractivity contribution in [2.45, 2.75) is 27.7 Å². The third-order valence-corrected chi connectivity index (χ3v) is 3.37. The van der Waals surface area contributed by atoms with Crippen molar-refractivity contribution in [3.05, 3.63) is 40.0 Å². The summed E-state index contributed by atoms with van der Waals surface area (Å²) in [4.78, 5) is 23.9. The van der Waals surface area contributed by atoms with Gasteiger partial charge < -0.3 is 10.1 Å². The maximum atomic E-state index is 12.1. The fourth-order valence-electron chi connectivity index (χ4n) is 1.52. The molecule has 1 aromatic carbocycles. The molecule has 1 rings (SSSR count). The summed E-state index contributed by atoms with van der Waals surface area (Å²) < 4.78 is 5.67. The molecule has 1 N–H and O–H groups in total. The van der Waals surface area contributed by atoms with Gasteiger partial charge in [-0.15, -0.1) is 0 Å². The van der Waals surface area contributed by atoms with Gasteiger partial charge in [0.1, 0.15) is 5.70 Å². The Bertz CT molecular complexity index is 586. The minimum Gasteiger partial charge on any atom is -0.464 e. The molecule has 0 spiro atoms. The second-order valence-corrected chi connectivity index (χ2v) is 6.66. The van der Waals surface area contributed by atoms with Crippen LogP contribution in [0.1, 0.15) is 26.3 Å². The number of methoxy groups -OCH3 is 1. The van der Waals surface area contributed by atoms with Crippen LogP contribution in [0.5, 0.6) is 0 Å². The Kier molecular flexibility index (Phi) is 5.72. The Morgan fingerprint density at radius 3 is 2.38 bits per heavy atom. The summed E-state index contributed by atoms with van der Waals surface area (Å²) in [6, 6.07) is 5.61. The lowest BCUT2D eigenvalue weighted by Crippen LogP contribution is -2.22. The molecule has 0 aliphatic rings. The van der Waals surface area contributed by atoms with Gasteiger partial charge in [0.05, 0.1) is 7.11 Å². The van der Waals surface area contributed by atoms with E-state index in [4.69, 9.17) is 4.74 Å². The first kappa shape index (κ1) is 17.4. The van der Waals surface area contributed by atoms with E-state index in [1.54, 1.807) is 20.8 Å². The van der Waals surface area contributed by atoms with Gasteiger partial charge in [-0.2, -0.15) is 0 Å². The standard InChI is InChI=1S/C16H20BrNO3/c1-10-8-11(17)6-7-12(10)18-13(15(20)21-5)9-14(19)16(2,3)4/h6-9,18H,1-5H3. The highest BCUT2D eigenvalue weighted by Gasteiger charge is 2.22. The van der Waals surface area contributed by atoms with Crippen LogP contribution >= 0.6 is 15.9 Å². The molecule has 0 saturated heterocycles. The number of anilines is 1. The van der Waals surface area contributed by atoms with Crippen molar-refractivity contribution in [1.29, 1.82) is 0 Å². The van der Waals surface area contributed by atoms with Gasteiger partial charge in [-0.1, -0.05) is 36.7 Å². The molecule has 0 unspecified atom stereocenters. The summed E-state index contributed by atoms with van der Waals surface area (Å²) in [5.41, 5.74) is 1.26. The third-order valence-electron chi connectivity index (χ3n) is 2.88. The molecular weight excluding hydrogens is 334 g/mol. The number of rotatable bonds is 4. The Labute approximate surface area is 133 Å². The number of aryl methyl sites for hydroxylation is 1. The maximum Gasteiger partial charge on any atom is 0.354 e. The largest absolute Gasteiger partial charge is 0.464 e. The van der Waals surface area contributed by atoms with Crippen LogP contribution in [0.3, 0.4) is 0 Å². The second-order valence-electron chi connectivity index (χ2n) is 5.75. The van der Waals surface area contributed by atoms with Gasteiger partial charge in [-0.3, -0.25) is 4.79 Å². The van der Waals surface area contributed by atoms with Gasteiger partial charge in [-0.05, 0) is 30.7 Å². The predicted molar refractivity (Wildman–Crippen MR) is 87.1 cm³/mol. The number of ketones is 1. The SMILES string of the molecule is COC(=O)C(=CC(=O)C(C)(C)C)Nc1ccc(Br)cc1C. The summed E-state index contributed by atoms with van der Waals surface area (Å²) in [6.07, 6.45) is 1.30. The average Bonchev–Trinajstić information content (AvgIpc) is 2.38. The van der Waals surface area contributed by atoms with E-state index in [0.717, 1.165) is 15.7 Å². The van der Waals surface area contributed by atoms with Crippen molar-refractivity contribution in [3.8, 4) is 0 Å². The first-order valence-corrected chi connectivity index (χ1v) is 7.32. The smallest absolute Gasteiger partial charge is 0.354 e. The fraction of sp³-hybridized carbons (Fsp3) is 0.375. The Balaban J connectivity index is 3.13. The number of carbonyl (C=O) groups is 2. The van der Waals surface area contributed by atoms with E-state index in [9.17, 15) is 9.59 Å². The van der Waals surface area contributed by atoms with E-state index in [-0.39, 0.29) is 11.5 Å². The molecule has 1 aromatic rings. The van der Waals surface area contributed by atoms with Crippen LogP contribution in [0.15, 0.2) is 34.4 Å². The van der Waals surface area contributed by atoms with Gasteiger partial charge in [0, 0.05) is 21.7 Å². The zero-order chi connectivity index (χ0) is 16.2. The number of allylic oxidation sites excluding steroid dienone is 1. The quantitative estimate of drug-likeness (QED) is 0.659. The summed E-state index contributed by atoms with van der Waals surface area (Å²) in [5.74, 6) is -0.722. The Hall–Kier alpha value is -1.62. The van der Waals surface area contributed by atoms with E-state index in [1.807, 2.05) is 25.1 Å². The monoisotopic (exact) mass is 353 g/mol. The molecule has 0 radical (unpaired) electrons. The highest BCUT2D eigenvalue weighted by Crippen LogP contribution is 2.23. The fourth-order valence-corrected chi connectivity index (χ4v) is 1.99. The number of ether oxygens (including phenoxy) is 1. The van der Waals surface area contributed by atoms with E-state index < -0.39 is 11.4 Å². The summed E-state index contributed by atoms with van der Waals surface area (Å²) in [5, 5.41) is 2.97. The Morgan fingerprint density at radius 1 is 1.29 bits per heavy atom.